The third kappa shape index (κ3) is 6.22. The van der Waals surface area contributed by atoms with Crippen molar-refractivity contribution >= 4 is 5.91 Å². The molecule has 0 saturated carbocycles. The Kier molecular flexibility index (Phi) is 8.10. The summed E-state index contributed by atoms with van der Waals surface area (Å²) in [5, 5.41) is 3.24. The SMILES string of the molecule is CCCNCC(=O)N(Cc1ccccc1)Cc1cccn1Cc1cccc(OC)c1. The molecule has 5 heteroatoms. The molecule has 0 fully saturated rings. The van der Waals surface area contributed by atoms with Crippen LogP contribution in [0, 0.1) is 0 Å². The molecule has 0 unspecified atom stereocenters. The normalized spacial score (nSPS) is 10.7. The minimum atomic E-state index is 0.112. The Hall–Kier alpha value is -3.05. The number of carbonyl (C=O) groups excluding carboxylic acids is 1. The van der Waals surface area contributed by atoms with Crippen LogP contribution in [0.5, 0.6) is 5.75 Å². The lowest BCUT2D eigenvalue weighted by Gasteiger charge is -2.24. The lowest BCUT2D eigenvalue weighted by atomic mass is 10.2. The van der Waals surface area contributed by atoms with Gasteiger partial charge in [-0.25, -0.2) is 0 Å². The third-order valence-corrected chi connectivity index (χ3v) is 5.04. The van der Waals surface area contributed by atoms with Gasteiger partial charge in [-0.2, -0.15) is 0 Å². The van der Waals surface area contributed by atoms with E-state index in [-0.39, 0.29) is 5.91 Å². The van der Waals surface area contributed by atoms with Gasteiger partial charge in [-0.15, -0.1) is 0 Å². The van der Waals surface area contributed by atoms with Gasteiger partial charge in [-0.05, 0) is 48.4 Å². The summed E-state index contributed by atoms with van der Waals surface area (Å²) in [4.78, 5) is 14.9. The molecule has 0 atom stereocenters. The number of aromatic nitrogens is 1. The van der Waals surface area contributed by atoms with Crippen LogP contribution in [0.4, 0.5) is 0 Å². The molecule has 1 N–H and O–H groups in total. The van der Waals surface area contributed by atoms with E-state index in [1.54, 1.807) is 7.11 Å². The number of nitrogens with one attached hydrogen (secondary N) is 1. The van der Waals surface area contributed by atoms with E-state index < -0.39 is 0 Å². The fraction of sp³-hybridized carbons (Fsp3) is 0.320. The van der Waals surface area contributed by atoms with Crippen molar-refractivity contribution in [3.05, 3.63) is 89.7 Å². The maximum atomic E-state index is 12.9. The van der Waals surface area contributed by atoms with Gasteiger partial charge in [0.25, 0.3) is 0 Å². The van der Waals surface area contributed by atoms with Crippen LogP contribution in [-0.4, -0.2) is 35.6 Å². The van der Waals surface area contributed by atoms with Crippen molar-refractivity contribution in [2.24, 2.45) is 0 Å². The Morgan fingerprint density at radius 3 is 2.57 bits per heavy atom. The molecule has 2 aromatic carbocycles. The van der Waals surface area contributed by atoms with Crippen LogP contribution in [0.25, 0.3) is 0 Å². The summed E-state index contributed by atoms with van der Waals surface area (Å²) in [6, 6.07) is 22.4. The number of hydrogen-bond donors (Lipinski definition) is 1. The van der Waals surface area contributed by atoms with Crippen molar-refractivity contribution in [1.82, 2.24) is 14.8 Å². The molecular weight excluding hydrogens is 374 g/mol. The monoisotopic (exact) mass is 405 g/mol. The standard InChI is InChI=1S/C25H31N3O2/c1-3-14-26-17-25(29)28(18-21-9-5-4-6-10-21)20-23-12-8-15-27(23)19-22-11-7-13-24(16-22)30-2/h4-13,15-16,26H,3,14,17-20H2,1-2H3. The summed E-state index contributed by atoms with van der Waals surface area (Å²) < 4.78 is 7.54. The third-order valence-electron chi connectivity index (χ3n) is 5.04. The summed E-state index contributed by atoms with van der Waals surface area (Å²) in [7, 11) is 1.68. The van der Waals surface area contributed by atoms with Gasteiger partial charge in [-0.3, -0.25) is 4.79 Å². The molecule has 158 valence electrons. The second-order valence-corrected chi connectivity index (χ2v) is 7.39. The van der Waals surface area contributed by atoms with E-state index in [1.165, 1.54) is 0 Å². The van der Waals surface area contributed by atoms with Gasteiger partial charge in [0.15, 0.2) is 0 Å². The Bertz CT molecular complexity index is 921. The molecule has 0 saturated heterocycles. The van der Waals surface area contributed by atoms with Crippen molar-refractivity contribution in [2.75, 3.05) is 20.2 Å². The molecule has 5 nitrogen and oxygen atoms in total. The van der Waals surface area contributed by atoms with Crippen LogP contribution < -0.4 is 10.1 Å². The largest absolute Gasteiger partial charge is 0.497 e. The number of benzene rings is 2. The molecule has 1 amide bonds. The van der Waals surface area contributed by atoms with Gasteiger partial charge in [0, 0.05) is 25.0 Å². The number of carbonyl (C=O) groups is 1. The van der Waals surface area contributed by atoms with E-state index in [1.807, 2.05) is 47.4 Å². The molecule has 1 aromatic heterocycles. The minimum absolute atomic E-state index is 0.112. The molecule has 0 radical (unpaired) electrons. The highest BCUT2D eigenvalue weighted by molar-refractivity contribution is 5.78. The molecule has 0 aliphatic rings. The zero-order chi connectivity index (χ0) is 21.2. The summed E-state index contributed by atoms with van der Waals surface area (Å²) in [5.74, 6) is 0.963. The quantitative estimate of drug-likeness (QED) is 0.489. The smallest absolute Gasteiger partial charge is 0.237 e. The van der Waals surface area contributed by atoms with Crippen LogP contribution in [-0.2, 0) is 24.4 Å². The molecule has 0 aliphatic heterocycles. The number of ether oxygens (including phenoxy) is 1. The van der Waals surface area contributed by atoms with Crippen LogP contribution in [0.3, 0.4) is 0 Å². The second-order valence-electron chi connectivity index (χ2n) is 7.39. The van der Waals surface area contributed by atoms with Crippen molar-refractivity contribution < 1.29 is 9.53 Å². The van der Waals surface area contributed by atoms with E-state index >= 15 is 0 Å². The number of amides is 1. The Labute approximate surface area is 179 Å². The average Bonchev–Trinajstić information content (AvgIpc) is 3.20. The van der Waals surface area contributed by atoms with Gasteiger partial charge in [0.2, 0.25) is 5.91 Å². The fourth-order valence-electron chi connectivity index (χ4n) is 3.43. The van der Waals surface area contributed by atoms with Crippen molar-refractivity contribution in [1.29, 1.82) is 0 Å². The van der Waals surface area contributed by atoms with E-state index in [4.69, 9.17) is 4.74 Å². The first kappa shape index (κ1) is 21.7. The first-order valence-electron chi connectivity index (χ1n) is 10.5. The second kappa shape index (κ2) is 11.2. The Morgan fingerprint density at radius 1 is 1.00 bits per heavy atom. The van der Waals surface area contributed by atoms with E-state index in [0.717, 1.165) is 42.1 Å². The minimum Gasteiger partial charge on any atom is -0.497 e. The van der Waals surface area contributed by atoms with Gasteiger partial charge in [0.05, 0.1) is 20.2 Å². The fourth-order valence-corrected chi connectivity index (χ4v) is 3.43. The molecule has 3 rings (SSSR count). The van der Waals surface area contributed by atoms with E-state index in [2.05, 4.69) is 47.3 Å². The maximum Gasteiger partial charge on any atom is 0.237 e. The summed E-state index contributed by atoms with van der Waals surface area (Å²) in [6.45, 7) is 5.20. The molecule has 30 heavy (non-hydrogen) atoms. The predicted molar refractivity (Wildman–Crippen MR) is 120 cm³/mol. The first-order chi connectivity index (χ1) is 14.7. The van der Waals surface area contributed by atoms with Gasteiger partial charge < -0.3 is 19.5 Å². The lowest BCUT2D eigenvalue weighted by molar-refractivity contribution is -0.131. The van der Waals surface area contributed by atoms with Crippen LogP contribution in [0.1, 0.15) is 30.2 Å². The van der Waals surface area contributed by atoms with Gasteiger partial charge in [-0.1, -0.05) is 49.4 Å². The zero-order valence-corrected chi connectivity index (χ0v) is 17.9. The zero-order valence-electron chi connectivity index (χ0n) is 17.9. The van der Waals surface area contributed by atoms with E-state index in [9.17, 15) is 4.79 Å². The molecule has 0 bridgehead atoms. The number of rotatable bonds is 11. The predicted octanol–water partition coefficient (Wildman–Crippen LogP) is 4.07. The maximum absolute atomic E-state index is 12.9. The van der Waals surface area contributed by atoms with Gasteiger partial charge in [0.1, 0.15) is 5.75 Å². The molecule has 0 aliphatic carbocycles. The van der Waals surface area contributed by atoms with Crippen molar-refractivity contribution in [3.8, 4) is 5.75 Å². The number of nitrogens with zero attached hydrogens (tertiary/aromatic N) is 2. The van der Waals surface area contributed by atoms with Gasteiger partial charge >= 0.3 is 0 Å². The number of methoxy groups -OCH3 is 1. The highest BCUT2D eigenvalue weighted by Gasteiger charge is 2.16. The summed E-state index contributed by atoms with van der Waals surface area (Å²) in [5.41, 5.74) is 3.40. The lowest BCUT2D eigenvalue weighted by Crippen LogP contribution is -2.38. The Morgan fingerprint density at radius 2 is 1.80 bits per heavy atom. The first-order valence-corrected chi connectivity index (χ1v) is 10.5. The van der Waals surface area contributed by atoms with Crippen LogP contribution in [0.15, 0.2) is 72.9 Å². The summed E-state index contributed by atoms with van der Waals surface area (Å²) in [6.07, 6.45) is 3.07. The van der Waals surface area contributed by atoms with E-state index in [0.29, 0.717) is 19.6 Å². The molecule has 0 spiro atoms. The van der Waals surface area contributed by atoms with Crippen molar-refractivity contribution in [3.63, 3.8) is 0 Å². The molecular formula is C25H31N3O2. The Balaban J connectivity index is 1.75. The van der Waals surface area contributed by atoms with Crippen LogP contribution in [0.2, 0.25) is 0 Å². The molecule has 3 aromatic rings. The summed E-state index contributed by atoms with van der Waals surface area (Å²) >= 11 is 0. The average molecular weight is 406 g/mol. The van der Waals surface area contributed by atoms with Crippen LogP contribution >= 0.6 is 0 Å². The number of hydrogen-bond acceptors (Lipinski definition) is 3. The molecule has 1 heterocycles. The highest BCUT2D eigenvalue weighted by Crippen LogP contribution is 2.17. The van der Waals surface area contributed by atoms with Crippen molar-refractivity contribution in [2.45, 2.75) is 33.0 Å². The topological polar surface area (TPSA) is 46.5 Å². The highest BCUT2D eigenvalue weighted by atomic mass is 16.5.